The van der Waals surface area contributed by atoms with Crippen LogP contribution in [-0.4, -0.2) is 66.7 Å². The second-order valence-corrected chi connectivity index (χ2v) is 9.07. The van der Waals surface area contributed by atoms with E-state index in [2.05, 4.69) is 17.2 Å². The maximum atomic E-state index is 12.6. The summed E-state index contributed by atoms with van der Waals surface area (Å²) in [5.41, 5.74) is 1.10. The molecular weight excluding hydrogens is 374 g/mol. The van der Waals surface area contributed by atoms with Crippen molar-refractivity contribution in [3.8, 4) is 0 Å². The van der Waals surface area contributed by atoms with Crippen molar-refractivity contribution in [2.75, 3.05) is 39.9 Å². The molecular formula is C21H35N3O3S. The predicted octanol–water partition coefficient (Wildman–Crippen LogP) is 3.48. The summed E-state index contributed by atoms with van der Waals surface area (Å²) in [5, 5.41) is 3.15. The van der Waals surface area contributed by atoms with Gasteiger partial charge in [-0.2, -0.15) is 0 Å². The smallest absolute Gasteiger partial charge is 0.248 e. The highest BCUT2D eigenvalue weighted by atomic mass is 32.1. The molecule has 0 spiro atoms. The minimum atomic E-state index is 0.0443. The van der Waals surface area contributed by atoms with Crippen LogP contribution in [0.2, 0.25) is 0 Å². The average Bonchev–Trinajstić information content (AvgIpc) is 3.04. The van der Waals surface area contributed by atoms with E-state index >= 15 is 0 Å². The molecule has 2 aliphatic rings. The number of hydrogen-bond donors (Lipinski definition) is 0. The van der Waals surface area contributed by atoms with Crippen molar-refractivity contribution < 1.29 is 14.3 Å². The fourth-order valence-electron chi connectivity index (χ4n) is 4.09. The maximum Gasteiger partial charge on any atom is 0.248 e. The Labute approximate surface area is 173 Å². The maximum absolute atomic E-state index is 12.6. The number of aromatic nitrogens is 1. The SMILES string of the molecule is CO[C@H](C)c1nc(CN2CCCN(C(=O)CO[C@H]3CCCC[C@@H]3C)CC2)cs1. The molecule has 3 atom stereocenters. The van der Waals surface area contributed by atoms with Gasteiger partial charge in [0.05, 0.1) is 11.8 Å². The van der Waals surface area contributed by atoms with Gasteiger partial charge >= 0.3 is 0 Å². The highest BCUT2D eigenvalue weighted by Gasteiger charge is 2.25. The first kappa shape index (κ1) is 21.7. The van der Waals surface area contributed by atoms with Crippen LogP contribution >= 0.6 is 11.3 Å². The lowest BCUT2D eigenvalue weighted by Gasteiger charge is -2.29. The largest absolute Gasteiger partial charge is 0.375 e. The molecule has 1 aliphatic carbocycles. The van der Waals surface area contributed by atoms with Crippen LogP contribution in [0.1, 0.15) is 62.8 Å². The summed E-state index contributed by atoms with van der Waals surface area (Å²) < 4.78 is 11.3. The lowest BCUT2D eigenvalue weighted by Crippen LogP contribution is -2.39. The van der Waals surface area contributed by atoms with Crippen LogP contribution in [0.5, 0.6) is 0 Å². The topological polar surface area (TPSA) is 54.9 Å². The molecule has 0 aromatic carbocycles. The Bertz CT molecular complexity index is 624. The second-order valence-electron chi connectivity index (χ2n) is 8.18. The van der Waals surface area contributed by atoms with Gasteiger partial charge in [0.15, 0.2) is 0 Å². The number of rotatable bonds is 7. The van der Waals surface area contributed by atoms with Crippen molar-refractivity contribution in [2.45, 2.75) is 64.7 Å². The highest BCUT2D eigenvalue weighted by Crippen LogP contribution is 2.26. The Morgan fingerprint density at radius 1 is 1.25 bits per heavy atom. The highest BCUT2D eigenvalue weighted by molar-refractivity contribution is 7.09. The number of ether oxygens (including phenoxy) is 2. The standard InChI is InChI=1S/C21H35N3O3S/c1-16-7-4-5-8-19(16)27-14-20(25)24-10-6-9-23(11-12-24)13-18-15-28-21(22-18)17(2)26-3/h15-17,19H,4-14H2,1-3H3/t16-,17+,19-/m0/s1. The quantitative estimate of drug-likeness (QED) is 0.690. The third kappa shape index (κ3) is 5.99. The Kier molecular flexibility index (Phi) is 8.26. The first-order valence-electron chi connectivity index (χ1n) is 10.7. The van der Waals surface area contributed by atoms with E-state index in [-0.39, 0.29) is 24.7 Å². The van der Waals surface area contributed by atoms with Gasteiger partial charge in [-0.15, -0.1) is 11.3 Å². The zero-order chi connectivity index (χ0) is 19.9. The van der Waals surface area contributed by atoms with Crippen molar-refractivity contribution in [1.82, 2.24) is 14.8 Å². The number of carbonyl (C=O) groups is 1. The Hall–Kier alpha value is -1.02. The molecule has 0 bridgehead atoms. The van der Waals surface area contributed by atoms with Gasteiger partial charge in [-0.3, -0.25) is 9.69 Å². The minimum absolute atomic E-state index is 0.0443. The molecule has 7 heteroatoms. The zero-order valence-electron chi connectivity index (χ0n) is 17.6. The van der Waals surface area contributed by atoms with E-state index in [1.807, 2.05) is 11.8 Å². The van der Waals surface area contributed by atoms with E-state index in [4.69, 9.17) is 14.5 Å². The molecule has 0 N–H and O–H groups in total. The first-order valence-corrected chi connectivity index (χ1v) is 11.5. The molecule has 1 aromatic heterocycles. The van der Waals surface area contributed by atoms with Crippen LogP contribution in [0.4, 0.5) is 0 Å². The second kappa shape index (κ2) is 10.7. The van der Waals surface area contributed by atoms with Crippen LogP contribution in [0.25, 0.3) is 0 Å². The Balaban J connectivity index is 1.43. The van der Waals surface area contributed by atoms with E-state index in [1.165, 1.54) is 19.3 Å². The van der Waals surface area contributed by atoms with Crippen molar-refractivity contribution in [3.63, 3.8) is 0 Å². The first-order chi connectivity index (χ1) is 13.6. The summed E-state index contributed by atoms with van der Waals surface area (Å²) in [7, 11) is 1.71. The molecule has 3 rings (SSSR count). The summed E-state index contributed by atoms with van der Waals surface area (Å²) >= 11 is 1.66. The van der Waals surface area contributed by atoms with Gasteiger partial charge in [-0.1, -0.05) is 19.8 Å². The van der Waals surface area contributed by atoms with Gasteiger partial charge in [0.1, 0.15) is 17.7 Å². The molecule has 6 nitrogen and oxygen atoms in total. The average molecular weight is 410 g/mol. The molecule has 28 heavy (non-hydrogen) atoms. The van der Waals surface area contributed by atoms with E-state index in [1.54, 1.807) is 18.4 Å². The molecule has 2 fully saturated rings. The van der Waals surface area contributed by atoms with Gasteiger partial charge < -0.3 is 14.4 Å². The number of hydrogen-bond acceptors (Lipinski definition) is 6. The number of nitrogens with zero attached hydrogens (tertiary/aromatic N) is 3. The lowest BCUT2D eigenvalue weighted by atomic mass is 9.88. The number of methoxy groups -OCH3 is 1. The van der Waals surface area contributed by atoms with Crippen molar-refractivity contribution >= 4 is 17.2 Å². The van der Waals surface area contributed by atoms with Gasteiger partial charge in [-0.25, -0.2) is 4.98 Å². The fraction of sp³-hybridized carbons (Fsp3) is 0.810. The molecule has 2 heterocycles. The number of carbonyl (C=O) groups excluding carboxylic acids is 1. The molecule has 1 aliphatic heterocycles. The van der Waals surface area contributed by atoms with E-state index in [9.17, 15) is 4.79 Å². The molecule has 1 amide bonds. The molecule has 1 saturated carbocycles. The minimum Gasteiger partial charge on any atom is -0.375 e. The van der Waals surface area contributed by atoms with Gasteiger partial charge in [0.2, 0.25) is 5.91 Å². The summed E-state index contributed by atoms with van der Waals surface area (Å²) in [5.74, 6) is 0.717. The predicted molar refractivity (Wildman–Crippen MR) is 111 cm³/mol. The van der Waals surface area contributed by atoms with Crippen LogP contribution in [0, 0.1) is 5.92 Å². The third-order valence-corrected chi connectivity index (χ3v) is 7.11. The summed E-state index contributed by atoms with van der Waals surface area (Å²) in [4.78, 5) is 21.7. The Morgan fingerprint density at radius 2 is 2.07 bits per heavy atom. The van der Waals surface area contributed by atoms with Crippen LogP contribution in [-0.2, 0) is 20.8 Å². The molecule has 1 aromatic rings. The van der Waals surface area contributed by atoms with Gasteiger partial charge in [0, 0.05) is 45.2 Å². The van der Waals surface area contributed by atoms with Crippen LogP contribution < -0.4 is 0 Å². The molecule has 0 radical (unpaired) electrons. The summed E-state index contributed by atoms with van der Waals surface area (Å²) in [6.07, 6.45) is 6.14. The molecule has 1 saturated heterocycles. The van der Waals surface area contributed by atoms with Crippen molar-refractivity contribution in [2.24, 2.45) is 5.92 Å². The third-order valence-electron chi connectivity index (χ3n) is 6.05. The van der Waals surface area contributed by atoms with Gasteiger partial charge in [-0.05, 0) is 32.1 Å². The van der Waals surface area contributed by atoms with Crippen LogP contribution in [0.3, 0.4) is 0 Å². The van der Waals surface area contributed by atoms with Crippen LogP contribution in [0.15, 0.2) is 5.38 Å². The molecule has 158 valence electrons. The lowest BCUT2D eigenvalue weighted by molar-refractivity contribution is -0.140. The van der Waals surface area contributed by atoms with E-state index < -0.39 is 0 Å². The summed E-state index contributed by atoms with van der Waals surface area (Å²) in [6, 6.07) is 0. The van der Waals surface area contributed by atoms with E-state index in [0.717, 1.165) is 56.3 Å². The van der Waals surface area contributed by atoms with Crippen molar-refractivity contribution in [1.29, 1.82) is 0 Å². The van der Waals surface area contributed by atoms with Gasteiger partial charge in [0.25, 0.3) is 0 Å². The monoisotopic (exact) mass is 409 g/mol. The zero-order valence-corrected chi connectivity index (χ0v) is 18.4. The van der Waals surface area contributed by atoms with Crippen molar-refractivity contribution in [3.05, 3.63) is 16.1 Å². The summed E-state index contributed by atoms with van der Waals surface area (Å²) in [6.45, 7) is 8.82. The number of amides is 1. The fourth-order valence-corrected chi connectivity index (χ4v) is 4.93. The molecule has 0 unspecified atom stereocenters. The Morgan fingerprint density at radius 3 is 2.86 bits per heavy atom. The normalized spacial score (nSPS) is 25.5. The number of thiazole rings is 1. The van der Waals surface area contributed by atoms with E-state index in [0.29, 0.717) is 5.92 Å².